The van der Waals surface area contributed by atoms with E-state index in [1.807, 2.05) is 13.1 Å². The smallest absolute Gasteiger partial charge is 0.0843 e. The van der Waals surface area contributed by atoms with Crippen LogP contribution < -0.4 is 5.32 Å². The van der Waals surface area contributed by atoms with Gasteiger partial charge in [-0.3, -0.25) is 0 Å². The molecule has 0 unspecified atom stereocenters. The molecule has 1 atom stereocenters. The SMILES string of the molecule is CNC[C@H](O)Cn1c(C)c(C)c2ccccc21. The van der Waals surface area contributed by atoms with Crippen molar-refractivity contribution in [2.45, 2.75) is 26.5 Å². The zero-order chi connectivity index (χ0) is 12.4. The predicted octanol–water partition coefficient (Wildman–Crippen LogP) is 1.84. The number of fused-ring (bicyclic) bond motifs is 1. The van der Waals surface area contributed by atoms with E-state index in [4.69, 9.17) is 0 Å². The first-order chi connectivity index (χ1) is 8.15. The molecule has 0 aliphatic carbocycles. The Labute approximate surface area is 102 Å². The fourth-order valence-corrected chi connectivity index (χ4v) is 2.35. The molecule has 2 N–H and O–H groups in total. The number of benzene rings is 1. The molecular formula is C14H20N2O. The lowest BCUT2D eigenvalue weighted by Gasteiger charge is -2.14. The molecule has 0 aliphatic rings. The van der Waals surface area contributed by atoms with Gasteiger partial charge in [-0.15, -0.1) is 0 Å². The van der Waals surface area contributed by atoms with E-state index in [1.165, 1.54) is 22.2 Å². The van der Waals surface area contributed by atoms with Crippen molar-refractivity contribution in [3.8, 4) is 0 Å². The molecule has 3 nitrogen and oxygen atoms in total. The van der Waals surface area contributed by atoms with Gasteiger partial charge in [0, 0.05) is 23.1 Å². The third-order valence-electron chi connectivity index (χ3n) is 3.38. The number of aryl methyl sites for hydroxylation is 1. The van der Waals surface area contributed by atoms with Gasteiger partial charge in [-0.1, -0.05) is 18.2 Å². The number of aliphatic hydroxyl groups is 1. The molecule has 0 bridgehead atoms. The summed E-state index contributed by atoms with van der Waals surface area (Å²) in [5.41, 5.74) is 3.75. The largest absolute Gasteiger partial charge is 0.390 e. The standard InChI is InChI=1S/C14H20N2O/c1-10-11(2)16(9-12(17)8-15-3)14-7-5-4-6-13(10)14/h4-7,12,15,17H,8-9H2,1-3H3/t12-/m0/s1. The maximum absolute atomic E-state index is 9.91. The van der Waals surface area contributed by atoms with E-state index in [0.717, 1.165) is 0 Å². The van der Waals surface area contributed by atoms with Crippen LogP contribution in [0.25, 0.3) is 10.9 Å². The van der Waals surface area contributed by atoms with Gasteiger partial charge >= 0.3 is 0 Å². The summed E-state index contributed by atoms with van der Waals surface area (Å²) in [6.45, 7) is 5.51. The van der Waals surface area contributed by atoms with Gasteiger partial charge in [0.15, 0.2) is 0 Å². The second kappa shape index (κ2) is 4.90. The van der Waals surface area contributed by atoms with Crippen LogP contribution in [0, 0.1) is 13.8 Å². The number of rotatable bonds is 4. The molecule has 1 aromatic carbocycles. The van der Waals surface area contributed by atoms with E-state index >= 15 is 0 Å². The highest BCUT2D eigenvalue weighted by molar-refractivity contribution is 5.85. The molecule has 0 saturated carbocycles. The van der Waals surface area contributed by atoms with Crippen molar-refractivity contribution >= 4 is 10.9 Å². The van der Waals surface area contributed by atoms with Gasteiger partial charge in [0.2, 0.25) is 0 Å². The first-order valence-electron chi connectivity index (χ1n) is 6.02. The fraction of sp³-hybridized carbons (Fsp3) is 0.429. The zero-order valence-electron chi connectivity index (χ0n) is 10.7. The Kier molecular flexibility index (Phi) is 3.50. The molecule has 3 heteroatoms. The van der Waals surface area contributed by atoms with Gasteiger partial charge in [0.1, 0.15) is 0 Å². The van der Waals surface area contributed by atoms with Crippen LogP contribution in [0.15, 0.2) is 24.3 Å². The Balaban J connectivity index is 2.42. The Hall–Kier alpha value is -1.32. The lowest BCUT2D eigenvalue weighted by molar-refractivity contribution is 0.155. The molecule has 0 aliphatic heterocycles. The van der Waals surface area contributed by atoms with Crippen molar-refractivity contribution in [2.75, 3.05) is 13.6 Å². The minimum Gasteiger partial charge on any atom is -0.390 e. The molecule has 0 saturated heterocycles. The van der Waals surface area contributed by atoms with E-state index in [0.29, 0.717) is 13.1 Å². The van der Waals surface area contributed by atoms with Gasteiger partial charge in [-0.2, -0.15) is 0 Å². The van der Waals surface area contributed by atoms with Crippen LogP contribution in [0.1, 0.15) is 11.3 Å². The quantitative estimate of drug-likeness (QED) is 0.844. The molecule has 0 spiro atoms. The first-order valence-corrected chi connectivity index (χ1v) is 6.02. The Bertz CT molecular complexity index is 516. The van der Waals surface area contributed by atoms with Crippen molar-refractivity contribution in [1.82, 2.24) is 9.88 Å². The number of hydrogen-bond donors (Lipinski definition) is 2. The summed E-state index contributed by atoms with van der Waals surface area (Å²) in [5, 5.41) is 14.2. The highest BCUT2D eigenvalue weighted by Crippen LogP contribution is 2.24. The van der Waals surface area contributed by atoms with E-state index in [2.05, 4.69) is 41.9 Å². The van der Waals surface area contributed by atoms with Crippen molar-refractivity contribution in [2.24, 2.45) is 0 Å². The first kappa shape index (κ1) is 12.1. The van der Waals surface area contributed by atoms with Crippen molar-refractivity contribution in [1.29, 1.82) is 0 Å². The van der Waals surface area contributed by atoms with E-state index < -0.39 is 0 Å². The lowest BCUT2D eigenvalue weighted by atomic mass is 10.2. The summed E-state index contributed by atoms with van der Waals surface area (Å²) in [4.78, 5) is 0. The Morgan fingerprint density at radius 1 is 1.29 bits per heavy atom. The van der Waals surface area contributed by atoms with Crippen LogP contribution in [-0.4, -0.2) is 29.4 Å². The maximum atomic E-state index is 9.91. The van der Waals surface area contributed by atoms with Crippen LogP contribution in [0.4, 0.5) is 0 Å². The highest BCUT2D eigenvalue weighted by atomic mass is 16.3. The number of hydrogen-bond acceptors (Lipinski definition) is 2. The molecule has 1 heterocycles. The minimum atomic E-state index is -0.353. The average molecular weight is 232 g/mol. The average Bonchev–Trinajstić information content (AvgIpc) is 2.56. The number of nitrogens with one attached hydrogen (secondary N) is 1. The minimum absolute atomic E-state index is 0.353. The van der Waals surface area contributed by atoms with Crippen LogP contribution >= 0.6 is 0 Å². The van der Waals surface area contributed by atoms with Gasteiger partial charge in [-0.25, -0.2) is 0 Å². The molecule has 17 heavy (non-hydrogen) atoms. The summed E-state index contributed by atoms with van der Waals surface area (Å²) in [6.07, 6.45) is -0.353. The van der Waals surface area contributed by atoms with Crippen molar-refractivity contribution in [3.63, 3.8) is 0 Å². The van der Waals surface area contributed by atoms with Crippen molar-refractivity contribution in [3.05, 3.63) is 35.5 Å². The highest BCUT2D eigenvalue weighted by Gasteiger charge is 2.12. The molecule has 0 fully saturated rings. The molecule has 0 amide bonds. The molecule has 2 rings (SSSR count). The third-order valence-corrected chi connectivity index (χ3v) is 3.38. The van der Waals surface area contributed by atoms with E-state index in [-0.39, 0.29) is 6.10 Å². The molecule has 2 aromatic rings. The summed E-state index contributed by atoms with van der Waals surface area (Å²) >= 11 is 0. The molecule has 92 valence electrons. The van der Waals surface area contributed by atoms with Gasteiger partial charge < -0.3 is 15.0 Å². The number of nitrogens with zero attached hydrogens (tertiary/aromatic N) is 1. The monoisotopic (exact) mass is 232 g/mol. The van der Waals surface area contributed by atoms with Crippen LogP contribution in [0.2, 0.25) is 0 Å². The predicted molar refractivity (Wildman–Crippen MR) is 71.3 cm³/mol. The van der Waals surface area contributed by atoms with Crippen LogP contribution in [0.5, 0.6) is 0 Å². The second-order valence-corrected chi connectivity index (χ2v) is 4.55. The third kappa shape index (κ3) is 2.21. The Morgan fingerprint density at radius 2 is 2.00 bits per heavy atom. The number of likely N-dealkylation sites (N-methyl/N-ethyl adjacent to an activating group) is 1. The Morgan fingerprint density at radius 3 is 2.71 bits per heavy atom. The molecular weight excluding hydrogens is 212 g/mol. The summed E-state index contributed by atoms with van der Waals surface area (Å²) in [7, 11) is 1.86. The fourth-order valence-electron chi connectivity index (χ4n) is 2.35. The van der Waals surface area contributed by atoms with Gasteiger partial charge in [0.25, 0.3) is 0 Å². The molecule has 0 radical (unpaired) electrons. The zero-order valence-corrected chi connectivity index (χ0v) is 10.7. The normalized spacial score (nSPS) is 13.2. The lowest BCUT2D eigenvalue weighted by Crippen LogP contribution is -2.28. The van der Waals surface area contributed by atoms with Gasteiger partial charge in [0.05, 0.1) is 12.6 Å². The van der Waals surface area contributed by atoms with Crippen molar-refractivity contribution < 1.29 is 5.11 Å². The molecule has 1 aromatic heterocycles. The maximum Gasteiger partial charge on any atom is 0.0843 e. The topological polar surface area (TPSA) is 37.2 Å². The van der Waals surface area contributed by atoms with Crippen LogP contribution in [-0.2, 0) is 6.54 Å². The number of aliphatic hydroxyl groups excluding tert-OH is 1. The number of para-hydroxylation sites is 1. The van der Waals surface area contributed by atoms with Crippen LogP contribution in [0.3, 0.4) is 0 Å². The summed E-state index contributed by atoms with van der Waals surface area (Å²) in [6, 6.07) is 8.35. The van der Waals surface area contributed by atoms with E-state index in [9.17, 15) is 5.11 Å². The van der Waals surface area contributed by atoms with E-state index in [1.54, 1.807) is 0 Å². The number of aromatic nitrogens is 1. The second-order valence-electron chi connectivity index (χ2n) is 4.55. The van der Waals surface area contributed by atoms with Gasteiger partial charge in [-0.05, 0) is 32.5 Å². The summed E-state index contributed by atoms with van der Waals surface area (Å²) < 4.78 is 2.20. The summed E-state index contributed by atoms with van der Waals surface area (Å²) in [5.74, 6) is 0.